The van der Waals surface area contributed by atoms with E-state index in [9.17, 15) is 8.42 Å². The number of rotatable bonds is 7. The predicted octanol–water partition coefficient (Wildman–Crippen LogP) is 2.46. The molecule has 0 aliphatic rings. The highest BCUT2D eigenvalue weighted by molar-refractivity contribution is 7.89. The van der Waals surface area contributed by atoms with Crippen LogP contribution in [0.2, 0.25) is 5.02 Å². The minimum absolute atomic E-state index is 0.0367. The number of ether oxygens (including phenoxy) is 2. The molecule has 0 unspecified atom stereocenters. The average molecular weight is 388 g/mol. The fourth-order valence-electron chi connectivity index (χ4n) is 2.41. The summed E-state index contributed by atoms with van der Waals surface area (Å²) in [4.78, 5) is -0.0367. The smallest absolute Gasteiger partial charge is 0.244 e. The van der Waals surface area contributed by atoms with Gasteiger partial charge in [0.05, 0.1) is 31.5 Å². The highest BCUT2D eigenvalue weighted by Crippen LogP contribution is 2.34. The molecule has 1 N–H and O–H groups in total. The summed E-state index contributed by atoms with van der Waals surface area (Å²) < 4.78 is 39.8. The summed E-state index contributed by atoms with van der Waals surface area (Å²) in [5, 5.41) is 4.58. The van der Waals surface area contributed by atoms with Crippen LogP contribution in [0.15, 0.2) is 17.0 Å². The van der Waals surface area contributed by atoms with E-state index in [-0.39, 0.29) is 22.2 Å². The average Bonchev–Trinajstić information content (AvgIpc) is 2.81. The molecule has 2 aromatic rings. The van der Waals surface area contributed by atoms with Crippen LogP contribution in [0.1, 0.15) is 17.0 Å². The van der Waals surface area contributed by atoms with E-state index in [1.54, 1.807) is 4.68 Å². The summed E-state index contributed by atoms with van der Waals surface area (Å²) in [6.07, 6.45) is 0. The Labute approximate surface area is 152 Å². The number of halogens is 1. The molecule has 1 aromatic carbocycles. The van der Waals surface area contributed by atoms with Gasteiger partial charge in [0.2, 0.25) is 10.0 Å². The molecule has 0 saturated carbocycles. The highest BCUT2D eigenvalue weighted by atomic mass is 35.5. The quantitative estimate of drug-likeness (QED) is 0.789. The van der Waals surface area contributed by atoms with Crippen LogP contribution >= 0.6 is 11.6 Å². The van der Waals surface area contributed by atoms with Crippen LogP contribution in [0.25, 0.3) is 0 Å². The summed E-state index contributed by atoms with van der Waals surface area (Å²) in [5.74, 6) is 0.506. The Kier molecular flexibility index (Phi) is 5.97. The Bertz CT molecular complexity index is 878. The summed E-state index contributed by atoms with van der Waals surface area (Å²) in [5.41, 5.74) is 3.05. The molecule has 0 bridgehead atoms. The minimum atomic E-state index is -3.79. The molecule has 0 atom stereocenters. The van der Waals surface area contributed by atoms with Crippen molar-refractivity contribution in [2.45, 2.75) is 32.2 Å². The van der Waals surface area contributed by atoms with E-state index in [1.807, 2.05) is 20.8 Å². The molecule has 0 spiro atoms. The Morgan fingerprint density at radius 3 is 2.32 bits per heavy atom. The highest BCUT2D eigenvalue weighted by Gasteiger charge is 2.22. The van der Waals surface area contributed by atoms with E-state index >= 15 is 0 Å². The third-order valence-electron chi connectivity index (χ3n) is 4.09. The van der Waals surface area contributed by atoms with Crippen LogP contribution in [0.4, 0.5) is 0 Å². The van der Waals surface area contributed by atoms with Crippen molar-refractivity contribution < 1.29 is 17.9 Å². The first kappa shape index (κ1) is 19.6. The fraction of sp³-hybridized carbons (Fsp3) is 0.438. The normalized spacial score (nSPS) is 11.6. The number of aryl methyl sites for hydroxylation is 1. The summed E-state index contributed by atoms with van der Waals surface area (Å²) in [7, 11) is -0.956. The van der Waals surface area contributed by atoms with Crippen molar-refractivity contribution in [3.63, 3.8) is 0 Å². The van der Waals surface area contributed by atoms with E-state index in [1.165, 1.54) is 26.4 Å². The van der Waals surface area contributed by atoms with E-state index in [0.717, 1.165) is 17.0 Å². The van der Waals surface area contributed by atoms with Crippen LogP contribution in [0, 0.1) is 20.8 Å². The van der Waals surface area contributed by atoms with Crippen molar-refractivity contribution in [2.75, 3.05) is 20.8 Å². The second-order valence-electron chi connectivity index (χ2n) is 5.55. The number of hydrogen-bond donors (Lipinski definition) is 1. The lowest BCUT2D eigenvalue weighted by Crippen LogP contribution is -2.28. The molecule has 0 aliphatic carbocycles. The van der Waals surface area contributed by atoms with Crippen LogP contribution < -0.4 is 14.2 Å². The van der Waals surface area contributed by atoms with Crippen molar-refractivity contribution in [1.82, 2.24) is 14.5 Å². The number of sulfonamides is 1. The molecule has 0 radical (unpaired) electrons. The maximum atomic E-state index is 12.6. The fourth-order valence-corrected chi connectivity index (χ4v) is 3.91. The first-order chi connectivity index (χ1) is 11.7. The number of nitrogens with one attached hydrogen (secondary N) is 1. The molecule has 25 heavy (non-hydrogen) atoms. The monoisotopic (exact) mass is 387 g/mol. The molecule has 0 saturated heterocycles. The third-order valence-corrected chi connectivity index (χ3v) is 5.86. The van der Waals surface area contributed by atoms with Gasteiger partial charge < -0.3 is 9.47 Å². The van der Waals surface area contributed by atoms with E-state index in [2.05, 4.69) is 9.82 Å². The van der Waals surface area contributed by atoms with Gasteiger partial charge in [-0.3, -0.25) is 4.68 Å². The van der Waals surface area contributed by atoms with E-state index in [0.29, 0.717) is 12.3 Å². The molecule has 2 rings (SSSR count). The molecule has 0 fully saturated rings. The zero-order valence-electron chi connectivity index (χ0n) is 14.9. The second-order valence-corrected chi connectivity index (χ2v) is 7.70. The van der Waals surface area contributed by atoms with Crippen LogP contribution in [0.3, 0.4) is 0 Å². The number of nitrogens with zero attached hydrogens (tertiary/aromatic N) is 2. The van der Waals surface area contributed by atoms with E-state index < -0.39 is 10.0 Å². The van der Waals surface area contributed by atoms with Gasteiger partial charge in [-0.15, -0.1) is 0 Å². The number of benzene rings is 1. The largest absolute Gasteiger partial charge is 0.495 e. The topological polar surface area (TPSA) is 82.5 Å². The van der Waals surface area contributed by atoms with Crippen molar-refractivity contribution in [1.29, 1.82) is 0 Å². The first-order valence-electron chi connectivity index (χ1n) is 7.63. The first-order valence-corrected chi connectivity index (χ1v) is 9.49. The van der Waals surface area contributed by atoms with Gasteiger partial charge in [0.25, 0.3) is 0 Å². The van der Waals surface area contributed by atoms with Gasteiger partial charge in [0.1, 0.15) is 16.4 Å². The molecule has 1 aromatic heterocycles. The number of methoxy groups -OCH3 is 2. The van der Waals surface area contributed by atoms with Crippen LogP contribution in [-0.4, -0.2) is 39.0 Å². The zero-order valence-corrected chi connectivity index (χ0v) is 16.5. The minimum Gasteiger partial charge on any atom is -0.495 e. The lowest BCUT2D eigenvalue weighted by molar-refractivity contribution is 0.386. The Morgan fingerprint density at radius 2 is 1.80 bits per heavy atom. The predicted molar refractivity (Wildman–Crippen MR) is 96.2 cm³/mol. The Hall–Kier alpha value is -1.77. The van der Waals surface area contributed by atoms with Crippen LogP contribution in [-0.2, 0) is 16.6 Å². The van der Waals surface area contributed by atoms with Gasteiger partial charge >= 0.3 is 0 Å². The van der Waals surface area contributed by atoms with Crippen molar-refractivity contribution in [3.8, 4) is 11.5 Å². The maximum absolute atomic E-state index is 12.6. The van der Waals surface area contributed by atoms with Gasteiger partial charge in [-0.25, -0.2) is 13.1 Å². The Morgan fingerprint density at radius 1 is 1.16 bits per heavy atom. The standard InChI is InChI=1S/C16H22ClN3O4S/c1-10-11(2)19-20(12(10)3)7-6-18-25(21,22)16-8-13(17)14(23-4)9-15(16)24-5/h8-9,18H,6-7H2,1-5H3. The number of hydrogen-bond acceptors (Lipinski definition) is 5. The SMILES string of the molecule is COc1cc(OC)c(S(=O)(=O)NCCn2nc(C)c(C)c2C)cc1Cl. The van der Waals surface area contributed by atoms with E-state index in [4.69, 9.17) is 21.1 Å². The van der Waals surface area contributed by atoms with Crippen molar-refractivity contribution in [3.05, 3.63) is 34.1 Å². The molecule has 9 heteroatoms. The van der Waals surface area contributed by atoms with Gasteiger partial charge in [0.15, 0.2) is 0 Å². The van der Waals surface area contributed by atoms with Crippen molar-refractivity contribution >= 4 is 21.6 Å². The maximum Gasteiger partial charge on any atom is 0.244 e. The van der Waals surface area contributed by atoms with Crippen molar-refractivity contribution in [2.24, 2.45) is 0 Å². The summed E-state index contributed by atoms with van der Waals surface area (Å²) in [6.45, 7) is 6.48. The molecular formula is C16H22ClN3O4S. The molecular weight excluding hydrogens is 366 g/mol. The lowest BCUT2D eigenvalue weighted by Gasteiger charge is -2.13. The Balaban J connectivity index is 2.19. The molecule has 0 amide bonds. The van der Waals surface area contributed by atoms with Crippen LogP contribution in [0.5, 0.6) is 11.5 Å². The number of aromatic nitrogens is 2. The molecule has 0 aliphatic heterocycles. The summed E-state index contributed by atoms with van der Waals surface area (Å²) in [6, 6.07) is 2.76. The van der Waals surface area contributed by atoms with Gasteiger partial charge in [-0.05, 0) is 32.4 Å². The van der Waals surface area contributed by atoms with Gasteiger partial charge in [0, 0.05) is 18.3 Å². The van der Waals surface area contributed by atoms with Gasteiger partial charge in [-0.2, -0.15) is 5.10 Å². The lowest BCUT2D eigenvalue weighted by atomic mass is 10.2. The second kappa shape index (κ2) is 7.63. The molecule has 138 valence electrons. The molecule has 7 nitrogen and oxygen atoms in total. The van der Waals surface area contributed by atoms with Gasteiger partial charge in [-0.1, -0.05) is 11.6 Å². The third kappa shape index (κ3) is 4.08. The zero-order chi connectivity index (χ0) is 18.8. The summed E-state index contributed by atoms with van der Waals surface area (Å²) >= 11 is 6.05. The molecule has 1 heterocycles.